The topological polar surface area (TPSA) is 122 Å². The highest BCUT2D eigenvalue weighted by Crippen LogP contribution is 2.52. The summed E-state index contributed by atoms with van der Waals surface area (Å²) >= 11 is 0. The molecule has 0 radical (unpaired) electrons. The van der Waals surface area contributed by atoms with E-state index in [4.69, 9.17) is 9.15 Å². The molecular formula is C33H31F2N3O6S. The van der Waals surface area contributed by atoms with Crippen LogP contribution in [-0.4, -0.2) is 30.2 Å². The maximum absolute atomic E-state index is 16.3. The number of rotatable bonds is 5. The number of allylic oxidation sites excluding steroid dienone is 1. The first-order chi connectivity index (χ1) is 21.3. The molecule has 0 saturated carbocycles. The molecule has 2 aliphatic heterocycles. The molecule has 0 aliphatic carbocycles. The van der Waals surface area contributed by atoms with Crippen LogP contribution in [0, 0.1) is 30.9 Å². The van der Waals surface area contributed by atoms with Gasteiger partial charge in [-0.2, -0.15) is 4.39 Å². The molecule has 6 rings (SSSR count). The minimum absolute atomic E-state index is 0.0370. The number of hydrogen-bond acceptors (Lipinski definition) is 8. The number of oxazole rings is 1. The van der Waals surface area contributed by atoms with E-state index in [2.05, 4.69) is 10.3 Å². The van der Waals surface area contributed by atoms with E-state index in [0.29, 0.717) is 0 Å². The number of amides is 1. The van der Waals surface area contributed by atoms with Crippen LogP contribution in [-0.2, 0) is 16.4 Å². The highest BCUT2D eigenvalue weighted by Gasteiger charge is 2.48. The maximum atomic E-state index is 16.3. The molecule has 0 fully saturated rings. The summed E-state index contributed by atoms with van der Waals surface area (Å²) in [6.07, 6.45) is 0.179. The lowest BCUT2D eigenvalue weighted by atomic mass is 9.88. The molecule has 1 atom stereocenters. The van der Waals surface area contributed by atoms with Crippen LogP contribution in [0.25, 0.3) is 0 Å². The van der Waals surface area contributed by atoms with Gasteiger partial charge in [0.15, 0.2) is 33.0 Å². The van der Waals surface area contributed by atoms with Crippen molar-refractivity contribution in [3.63, 3.8) is 0 Å². The lowest BCUT2D eigenvalue weighted by Gasteiger charge is -2.37. The van der Waals surface area contributed by atoms with Crippen LogP contribution in [0.1, 0.15) is 59.6 Å². The van der Waals surface area contributed by atoms with Gasteiger partial charge >= 0.3 is 0 Å². The molecule has 0 bridgehead atoms. The minimum atomic E-state index is -4.20. The van der Waals surface area contributed by atoms with Gasteiger partial charge in [-0.25, -0.2) is 17.8 Å². The Hall–Kier alpha value is -4.71. The number of hydrogen-bond donors (Lipinski definition) is 2. The van der Waals surface area contributed by atoms with Crippen molar-refractivity contribution in [2.75, 3.05) is 16.0 Å². The SMILES string of the molecule is Cc1nc(C(=O)N2c3cccc(O)c3NC3=C([C@H]2c2ccc(OCc4ccccc4)c(F)c2F)S(=O)(=O)CC(C)(C)C3)c(C)o1. The third-order valence-corrected chi connectivity index (χ3v) is 10.2. The first-order valence-corrected chi connectivity index (χ1v) is 15.9. The standard InChI is InChI=1S/C33H31F2N3O6S/c1-18-28(36-19(2)44-18)32(40)38-23-11-8-12-24(39)29(23)37-22-15-33(3,4)17-45(41,42)31(22)30(38)21-13-14-25(27(35)26(21)34)43-16-20-9-6-5-7-10-20/h5-14,30,37,39H,15-17H2,1-4H3/t30-/m1/s1. The van der Waals surface area contributed by atoms with Crippen LogP contribution in [0.2, 0.25) is 0 Å². The number of nitrogens with one attached hydrogen (secondary N) is 1. The number of aromatic hydroxyl groups is 1. The molecule has 4 aromatic rings. The fourth-order valence-corrected chi connectivity index (χ4v) is 8.41. The molecule has 12 heteroatoms. The summed E-state index contributed by atoms with van der Waals surface area (Å²) < 4.78 is 71.5. The van der Waals surface area contributed by atoms with Gasteiger partial charge in [0.2, 0.25) is 5.82 Å². The van der Waals surface area contributed by atoms with Gasteiger partial charge in [0.25, 0.3) is 5.91 Å². The number of ether oxygens (including phenoxy) is 1. The number of anilines is 2. The summed E-state index contributed by atoms with van der Waals surface area (Å²) in [5.41, 5.74) is -0.350. The first-order valence-electron chi connectivity index (χ1n) is 14.2. The summed E-state index contributed by atoms with van der Waals surface area (Å²) in [4.78, 5) is 19.4. The molecule has 1 amide bonds. The van der Waals surface area contributed by atoms with E-state index in [0.717, 1.165) is 10.5 Å². The quantitative estimate of drug-likeness (QED) is 0.232. The largest absolute Gasteiger partial charge is 0.506 e. The molecule has 0 spiro atoms. The smallest absolute Gasteiger partial charge is 0.281 e. The van der Waals surface area contributed by atoms with Crippen molar-refractivity contribution in [1.82, 2.24) is 4.98 Å². The number of sulfone groups is 1. The highest BCUT2D eigenvalue weighted by atomic mass is 32.2. The number of halogens is 2. The zero-order chi connectivity index (χ0) is 32.3. The molecule has 2 aliphatic rings. The zero-order valence-electron chi connectivity index (χ0n) is 25.0. The Morgan fingerprint density at radius 3 is 2.51 bits per heavy atom. The van der Waals surface area contributed by atoms with Crippen LogP contribution in [0.5, 0.6) is 11.5 Å². The molecule has 0 unspecified atom stereocenters. The fourth-order valence-electron chi connectivity index (χ4n) is 6.05. The van der Waals surface area contributed by atoms with Crippen LogP contribution in [0.15, 0.2) is 75.7 Å². The van der Waals surface area contributed by atoms with Gasteiger partial charge in [-0.3, -0.25) is 9.69 Å². The Labute approximate surface area is 259 Å². The number of benzene rings is 3. The molecule has 45 heavy (non-hydrogen) atoms. The Bertz CT molecular complexity index is 1970. The number of phenolic OH excluding ortho intramolecular Hbond substituents is 1. The fraction of sp³-hybridized carbons (Fsp3) is 0.273. The van der Waals surface area contributed by atoms with Crippen molar-refractivity contribution >= 4 is 27.1 Å². The molecule has 0 saturated heterocycles. The minimum Gasteiger partial charge on any atom is -0.506 e. The van der Waals surface area contributed by atoms with Gasteiger partial charge in [0, 0.05) is 18.2 Å². The van der Waals surface area contributed by atoms with Crippen molar-refractivity contribution in [3.8, 4) is 11.5 Å². The van der Waals surface area contributed by atoms with Crippen LogP contribution < -0.4 is 15.0 Å². The highest BCUT2D eigenvalue weighted by molar-refractivity contribution is 7.95. The second-order valence-electron chi connectivity index (χ2n) is 12.0. The third-order valence-electron chi connectivity index (χ3n) is 7.86. The first kappa shape index (κ1) is 30.3. The third kappa shape index (κ3) is 5.43. The molecule has 2 N–H and O–H groups in total. The van der Waals surface area contributed by atoms with E-state index in [1.807, 2.05) is 6.07 Å². The predicted octanol–water partition coefficient (Wildman–Crippen LogP) is 6.72. The van der Waals surface area contributed by atoms with Gasteiger partial charge in [-0.15, -0.1) is 0 Å². The number of para-hydroxylation sites is 1. The summed E-state index contributed by atoms with van der Waals surface area (Å²) in [6.45, 7) is 6.56. The average Bonchev–Trinajstić information content (AvgIpc) is 3.23. The van der Waals surface area contributed by atoms with Crippen molar-refractivity contribution in [3.05, 3.63) is 111 Å². The van der Waals surface area contributed by atoms with Crippen molar-refractivity contribution in [2.24, 2.45) is 5.41 Å². The number of fused-ring (bicyclic) bond motifs is 1. The molecule has 1 aromatic heterocycles. The second-order valence-corrected chi connectivity index (χ2v) is 14.0. The summed E-state index contributed by atoms with van der Waals surface area (Å²) in [7, 11) is -4.20. The number of aromatic nitrogens is 1. The molecule has 3 aromatic carbocycles. The average molecular weight is 636 g/mol. The van der Waals surface area contributed by atoms with E-state index in [1.165, 1.54) is 37.3 Å². The lowest BCUT2D eigenvalue weighted by molar-refractivity contribution is 0.0974. The second kappa shape index (κ2) is 11.0. The summed E-state index contributed by atoms with van der Waals surface area (Å²) in [5.74, 6) is -4.20. The Morgan fingerprint density at radius 1 is 1.09 bits per heavy atom. The summed E-state index contributed by atoms with van der Waals surface area (Å²) in [5, 5.41) is 14.0. The van der Waals surface area contributed by atoms with E-state index in [9.17, 15) is 18.3 Å². The van der Waals surface area contributed by atoms with Crippen molar-refractivity contribution in [1.29, 1.82) is 0 Å². The van der Waals surface area contributed by atoms with Crippen molar-refractivity contribution in [2.45, 2.75) is 46.8 Å². The Kier molecular flexibility index (Phi) is 7.43. The van der Waals surface area contributed by atoms with E-state index in [1.54, 1.807) is 45.0 Å². The monoisotopic (exact) mass is 635 g/mol. The number of nitrogens with zero attached hydrogens (tertiary/aromatic N) is 2. The Balaban J connectivity index is 1.60. The molecule has 234 valence electrons. The number of aryl methyl sites for hydroxylation is 2. The number of phenols is 1. The number of carbonyl (C=O) groups is 1. The maximum Gasteiger partial charge on any atom is 0.281 e. The van der Waals surface area contributed by atoms with Gasteiger partial charge in [-0.1, -0.05) is 50.2 Å². The van der Waals surface area contributed by atoms with Crippen molar-refractivity contribution < 1.29 is 36.3 Å². The van der Waals surface area contributed by atoms with E-state index < -0.39 is 44.4 Å². The van der Waals surface area contributed by atoms with Gasteiger partial charge in [0.1, 0.15) is 29.8 Å². The van der Waals surface area contributed by atoms with Gasteiger partial charge in [0.05, 0.1) is 16.3 Å². The molecular weight excluding hydrogens is 604 g/mol. The molecule has 9 nitrogen and oxygen atoms in total. The van der Waals surface area contributed by atoms with Gasteiger partial charge < -0.3 is 19.6 Å². The van der Waals surface area contributed by atoms with Crippen LogP contribution >= 0.6 is 0 Å². The van der Waals surface area contributed by atoms with Crippen LogP contribution in [0.3, 0.4) is 0 Å². The number of carbonyl (C=O) groups excluding carboxylic acids is 1. The normalized spacial score (nSPS) is 18.4. The predicted molar refractivity (Wildman–Crippen MR) is 164 cm³/mol. The summed E-state index contributed by atoms with van der Waals surface area (Å²) in [6, 6.07) is 14.0. The van der Waals surface area contributed by atoms with Gasteiger partial charge in [-0.05, 0) is 48.6 Å². The lowest BCUT2D eigenvalue weighted by Crippen LogP contribution is -2.41. The van der Waals surface area contributed by atoms with Crippen LogP contribution in [0.4, 0.5) is 20.2 Å². The zero-order valence-corrected chi connectivity index (χ0v) is 25.8. The van der Waals surface area contributed by atoms with E-state index >= 15 is 8.78 Å². The Morgan fingerprint density at radius 2 is 1.82 bits per heavy atom. The van der Waals surface area contributed by atoms with E-state index in [-0.39, 0.29) is 69.6 Å². The molecule has 3 heterocycles.